The Morgan fingerprint density at radius 2 is 1.89 bits per heavy atom. The molecular weight excluding hydrogens is 486 g/mol. The number of nitrogens with two attached hydrogens (primary N) is 1. The Morgan fingerprint density at radius 1 is 1.20 bits per heavy atom. The van der Waals surface area contributed by atoms with Crippen molar-refractivity contribution in [1.82, 2.24) is 19.5 Å². The summed E-state index contributed by atoms with van der Waals surface area (Å²) in [7, 11) is 0. The van der Waals surface area contributed by atoms with Gasteiger partial charge in [0.15, 0.2) is 17.7 Å². The minimum Gasteiger partial charge on any atom is -0.479 e. The molecule has 3 heterocycles. The van der Waals surface area contributed by atoms with Crippen molar-refractivity contribution >= 4 is 40.5 Å². The number of ether oxygens (including phenoxy) is 2. The number of aliphatic carboxylic acids is 2. The molecule has 0 radical (unpaired) electrons. The second kappa shape index (κ2) is 9.36. The first-order chi connectivity index (χ1) is 16.5. The zero-order valence-electron chi connectivity index (χ0n) is 18.3. The van der Waals surface area contributed by atoms with Crippen LogP contribution in [0.3, 0.4) is 0 Å². The number of carboxylic acid groups (broad SMARTS) is 2. The van der Waals surface area contributed by atoms with E-state index in [1.165, 1.54) is 10.9 Å². The first-order valence-electron chi connectivity index (χ1n) is 10.4. The van der Waals surface area contributed by atoms with Crippen molar-refractivity contribution in [2.24, 2.45) is 0 Å². The number of halogens is 1. The molecule has 14 heteroatoms. The molecule has 0 unspecified atom stereocenters. The molecule has 4 atom stereocenters. The highest BCUT2D eigenvalue weighted by molar-refractivity contribution is 6.28. The Morgan fingerprint density at radius 3 is 2.54 bits per heavy atom. The van der Waals surface area contributed by atoms with Gasteiger partial charge in [0.05, 0.1) is 12.9 Å². The van der Waals surface area contributed by atoms with Gasteiger partial charge in [-0.25, -0.2) is 14.6 Å². The van der Waals surface area contributed by atoms with Crippen LogP contribution >= 0.6 is 11.6 Å². The lowest BCUT2D eigenvalue weighted by Crippen LogP contribution is -2.53. The van der Waals surface area contributed by atoms with Crippen LogP contribution in [-0.4, -0.2) is 82.4 Å². The Labute approximate surface area is 202 Å². The number of aliphatic hydroxyl groups is 2. The average Bonchev–Trinajstić information content (AvgIpc) is 3.33. The molecule has 1 aromatic carbocycles. The number of carboxylic acids is 2. The third kappa shape index (κ3) is 4.39. The smallest absolute Gasteiger partial charge is 0.348 e. The summed E-state index contributed by atoms with van der Waals surface area (Å²) < 4.78 is 12.4. The van der Waals surface area contributed by atoms with Crippen LogP contribution in [0.25, 0.3) is 11.2 Å². The van der Waals surface area contributed by atoms with Gasteiger partial charge in [0, 0.05) is 6.42 Å². The molecule has 0 spiro atoms. The zero-order valence-corrected chi connectivity index (χ0v) is 19.0. The molecule has 6 N–H and O–H groups in total. The number of hydrogen-bond acceptors (Lipinski definition) is 10. The van der Waals surface area contributed by atoms with Crippen molar-refractivity contribution in [2.75, 3.05) is 12.3 Å². The van der Waals surface area contributed by atoms with Crippen LogP contribution in [0.4, 0.5) is 5.82 Å². The maximum Gasteiger partial charge on any atom is 0.348 e. The standard InChI is InChI=1S/C21H22ClN5O8/c1-9-4-2-3-5-10(9)6-21(18(30)31,19(32)33)34-7-11-13(28)14(29)17(35-11)27-8-24-12-15(23)25-20(22)26-16(12)27/h2-5,8,11,13-14,17,28-29H,6-7H2,1H3,(H,30,31)(H,32,33)(H2,23,25,26)/t11-,13-,14-,17-/m1/s1. The number of rotatable bonds is 8. The molecule has 0 bridgehead atoms. The van der Waals surface area contributed by atoms with Crippen molar-refractivity contribution in [1.29, 1.82) is 0 Å². The van der Waals surface area contributed by atoms with E-state index in [-0.39, 0.29) is 22.3 Å². The molecule has 13 nitrogen and oxygen atoms in total. The molecule has 2 aromatic heterocycles. The van der Waals surface area contributed by atoms with Gasteiger partial charge in [-0.3, -0.25) is 4.57 Å². The van der Waals surface area contributed by atoms with Crippen molar-refractivity contribution in [2.45, 2.75) is 43.5 Å². The molecule has 4 rings (SSSR count). The SMILES string of the molecule is Cc1ccccc1CC(OC[C@H]1O[C@@H](n2cnc3c(N)nc(Cl)nc32)[C@H](O)[C@@H]1O)(C(=O)O)C(=O)O. The van der Waals surface area contributed by atoms with Crippen molar-refractivity contribution in [3.63, 3.8) is 0 Å². The highest BCUT2D eigenvalue weighted by atomic mass is 35.5. The molecule has 186 valence electrons. The second-order valence-electron chi connectivity index (χ2n) is 8.10. The van der Waals surface area contributed by atoms with E-state index in [1.807, 2.05) is 0 Å². The molecular formula is C21H22ClN5O8. The Bertz CT molecular complexity index is 1270. The van der Waals surface area contributed by atoms with Crippen LogP contribution < -0.4 is 5.73 Å². The minimum absolute atomic E-state index is 0.00410. The predicted octanol–water partition coefficient (Wildman–Crippen LogP) is 0.157. The number of aromatic nitrogens is 4. The minimum atomic E-state index is -2.66. The Hall–Kier alpha value is -3.36. The lowest BCUT2D eigenvalue weighted by atomic mass is 9.91. The van der Waals surface area contributed by atoms with E-state index >= 15 is 0 Å². The number of anilines is 1. The lowest BCUT2D eigenvalue weighted by molar-refractivity contribution is -0.190. The second-order valence-corrected chi connectivity index (χ2v) is 8.44. The maximum absolute atomic E-state index is 12.1. The molecule has 0 saturated carbocycles. The topological polar surface area (TPSA) is 203 Å². The maximum atomic E-state index is 12.1. The van der Waals surface area contributed by atoms with Crippen molar-refractivity contribution in [3.8, 4) is 0 Å². The molecule has 0 aliphatic carbocycles. The molecule has 3 aromatic rings. The monoisotopic (exact) mass is 507 g/mol. The van der Waals surface area contributed by atoms with Gasteiger partial charge < -0.3 is 35.6 Å². The normalized spacial score (nSPS) is 22.5. The lowest BCUT2D eigenvalue weighted by Gasteiger charge is -2.28. The van der Waals surface area contributed by atoms with Crippen LogP contribution in [0.5, 0.6) is 0 Å². The van der Waals surface area contributed by atoms with Crippen LogP contribution in [0.2, 0.25) is 5.28 Å². The van der Waals surface area contributed by atoms with E-state index < -0.39 is 55.1 Å². The third-order valence-corrected chi connectivity index (χ3v) is 6.09. The summed E-state index contributed by atoms with van der Waals surface area (Å²) in [6.45, 7) is 1.07. The quantitative estimate of drug-likeness (QED) is 0.204. The van der Waals surface area contributed by atoms with Gasteiger partial charge in [0.25, 0.3) is 5.60 Å². The molecule has 0 amide bonds. The zero-order chi connectivity index (χ0) is 25.5. The molecule has 1 fully saturated rings. The summed E-state index contributed by atoms with van der Waals surface area (Å²) in [4.78, 5) is 36.1. The molecule has 35 heavy (non-hydrogen) atoms. The molecule has 1 aliphatic heterocycles. The number of fused-ring (bicyclic) bond motifs is 1. The predicted molar refractivity (Wildman–Crippen MR) is 120 cm³/mol. The summed E-state index contributed by atoms with van der Waals surface area (Å²) in [5.74, 6) is -3.45. The van der Waals surface area contributed by atoms with Crippen molar-refractivity contribution in [3.05, 3.63) is 47.0 Å². The largest absolute Gasteiger partial charge is 0.479 e. The average molecular weight is 508 g/mol. The van der Waals surface area contributed by atoms with E-state index in [2.05, 4.69) is 15.0 Å². The summed E-state index contributed by atoms with van der Waals surface area (Å²) in [5, 5.41) is 40.6. The van der Waals surface area contributed by atoms with E-state index in [0.717, 1.165) is 0 Å². The fraction of sp³-hybridized carbons (Fsp3) is 0.381. The fourth-order valence-electron chi connectivity index (χ4n) is 3.91. The summed E-state index contributed by atoms with van der Waals surface area (Å²) >= 11 is 5.86. The first kappa shape index (κ1) is 24.8. The third-order valence-electron chi connectivity index (χ3n) is 5.92. The number of imidazole rings is 1. The van der Waals surface area contributed by atoms with Crippen LogP contribution in [0.1, 0.15) is 17.4 Å². The van der Waals surface area contributed by atoms with E-state index in [1.54, 1.807) is 31.2 Å². The van der Waals surface area contributed by atoms with Gasteiger partial charge in [-0.1, -0.05) is 24.3 Å². The first-order valence-corrected chi connectivity index (χ1v) is 10.8. The number of benzene rings is 1. The van der Waals surface area contributed by atoms with E-state index in [0.29, 0.717) is 11.1 Å². The van der Waals surface area contributed by atoms with Gasteiger partial charge in [0.1, 0.15) is 23.8 Å². The van der Waals surface area contributed by atoms with Crippen LogP contribution in [-0.2, 0) is 25.5 Å². The summed E-state index contributed by atoms with van der Waals surface area (Å²) in [6.07, 6.45) is -4.79. The highest BCUT2D eigenvalue weighted by Gasteiger charge is 2.51. The number of carbonyl (C=O) groups is 2. The fourth-order valence-corrected chi connectivity index (χ4v) is 4.08. The Balaban J connectivity index is 1.58. The van der Waals surface area contributed by atoms with Gasteiger partial charge in [0.2, 0.25) is 5.28 Å². The van der Waals surface area contributed by atoms with Crippen LogP contribution in [0, 0.1) is 6.92 Å². The molecule has 1 aliphatic rings. The number of nitrogen functional groups attached to an aromatic ring is 1. The number of hydrogen-bond donors (Lipinski definition) is 5. The Kier molecular flexibility index (Phi) is 6.62. The van der Waals surface area contributed by atoms with Gasteiger partial charge >= 0.3 is 11.9 Å². The summed E-state index contributed by atoms with van der Waals surface area (Å²) in [6, 6.07) is 6.70. The highest BCUT2D eigenvalue weighted by Crippen LogP contribution is 2.33. The molecule has 1 saturated heterocycles. The number of nitrogens with zero attached hydrogens (tertiary/aromatic N) is 4. The van der Waals surface area contributed by atoms with Gasteiger partial charge in [-0.05, 0) is 29.7 Å². The van der Waals surface area contributed by atoms with Gasteiger partial charge in [-0.15, -0.1) is 0 Å². The van der Waals surface area contributed by atoms with E-state index in [4.69, 9.17) is 26.8 Å². The summed E-state index contributed by atoms with van der Waals surface area (Å²) in [5.41, 5.74) is 4.59. The van der Waals surface area contributed by atoms with E-state index in [9.17, 15) is 30.0 Å². The number of aryl methyl sites for hydroxylation is 1. The van der Waals surface area contributed by atoms with Crippen molar-refractivity contribution < 1.29 is 39.5 Å². The van der Waals surface area contributed by atoms with Gasteiger partial charge in [-0.2, -0.15) is 9.97 Å². The number of aliphatic hydroxyl groups excluding tert-OH is 2. The van der Waals surface area contributed by atoms with Crippen LogP contribution in [0.15, 0.2) is 30.6 Å².